The summed E-state index contributed by atoms with van der Waals surface area (Å²) in [5, 5.41) is 6.14. The maximum atomic E-state index is 12.1. The summed E-state index contributed by atoms with van der Waals surface area (Å²) in [4.78, 5) is 23.6. The number of nitrogens with zero attached hydrogens (tertiary/aromatic N) is 3. The van der Waals surface area contributed by atoms with E-state index in [0.29, 0.717) is 24.6 Å². The van der Waals surface area contributed by atoms with Gasteiger partial charge in [0.25, 0.3) is 5.91 Å². The number of benzene rings is 1. The van der Waals surface area contributed by atoms with E-state index in [0.717, 1.165) is 30.2 Å². The molecule has 0 atom stereocenters. The number of anilines is 2. The molecule has 26 heavy (non-hydrogen) atoms. The highest BCUT2D eigenvalue weighted by Crippen LogP contribution is 2.19. The summed E-state index contributed by atoms with van der Waals surface area (Å²) in [6.07, 6.45) is 3.74. The normalized spacial score (nSPS) is 14.2. The molecule has 1 aromatic heterocycles. The Morgan fingerprint density at radius 2 is 1.88 bits per heavy atom. The van der Waals surface area contributed by atoms with Crippen LogP contribution in [-0.4, -0.2) is 42.1 Å². The summed E-state index contributed by atoms with van der Waals surface area (Å²) in [6, 6.07) is 9.62. The number of piperidine rings is 1. The fraction of sp³-hybridized carbons (Fsp3) is 0.450. The molecule has 0 radical (unpaired) electrons. The number of rotatable bonds is 6. The summed E-state index contributed by atoms with van der Waals surface area (Å²) in [5.74, 6) is 1.55. The molecule has 0 spiro atoms. The van der Waals surface area contributed by atoms with Crippen LogP contribution in [-0.2, 0) is 0 Å². The van der Waals surface area contributed by atoms with Crippen LogP contribution in [0, 0.1) is 13.8 Å². The molecule has 1 amide bonds. The van der Waals surface area contributed by atoms with Crippen molar-refractivity contribution in [3.8, 4) is 0 Å². The predicted molar refractivity (Wildman–Crippen MR) is 105 cm³/mol. The van der Waals surface area contributed by atoms with E-state index in [1.165, 1.54) is 19.3 Å². The van der Waals surface area contributed by atoms with Gasteiger partial charge in [0.2, 0.25) is 5.95 Å². The fourth-order valence-corrected chi connectivity index (χ4v) is 3.15. The van der Waals surface area contributed by atoms with Gasteiger partial charge in [-0.2, -0.15) is 4.98 Å². The van der Waals surface area contributed by atoms with E-state index in [9.17, 15) is 4.79 Å². The first kappa shape index (κ1) is 18.2. The van der Waals surface area contributed by atoms with Gasteiger partial charge in [-0.1, -0.05) is 17.7 Å². The average Bonchev–Trinajstić information content (AvgIpc) is 2.65. The summed E-state index contributed by atoms with van der Waals surface area (Å²) in [5.41, 5.74) is 2.71. The van der Waals surface area contributed by atoms with Crippen molar-refractivity contribution in [1.29, 1.82) is 0 Å². The number of aromatic nitrogens is 2. The maximum absolute atomic E-state index is 12.1. The first-order chi connectivity index (χ1) is 12.6. The molecular weight excluding hydrogens is 326 g/mol. The van der Waals surface area contributed by atoms with E-state index in [-0.39, 0.29) is 5.91 Å². The van der Waals surface area contributed by atoms with Gasteiger partial charge in [-0.25, -0.2) is 4.98 Å². The molecule has 138 valence electrons. The van der Waals surface area contributed by atoms with E-state index in [1.54, 1.807) is 0 Å². The van der Waals surface area contributed by atoms with Crippen molar-refractivity contribution in [3.63, 3.8) is 0 Å². The van der Waals surface area contributed by atoms with Gasteiger partial charge in [0.05, 0.1) is 0 Å². The van der Waals surface area contributed by atoms with Crippen LogP contribution in [0.4, 0.5) is 11.8 Å². The molecule has 0 bridgehead atoms. The molecule has 1 aromatic carbocycles. The lowest BCUT2D eigenvalue weighted by molar-refractivity contribution is 0.0955. The van der Waals surface area contributed by atoms with E-state index < -0.39 is 0 Å². The highest BCUT2D eigenvalue weighted by molar-refractivity contribution is 5.94. The zero-order valence-corrected chi connectivity index (χ0v) is 15.6. The molecule has 0 saturated carbocycles. The third-order valence-corrected chi connectivity index (χ3v) is 4.49. The molecule has 1 aliphatic rings. The molecule has 6 nitrogen and oxygen atoms in total. The molecule has 0 unspecified atom stereocenters. The standard InChI is InChI=1S/C20H27N5O/c1-15-7-6-8-17(13-15)19(26)21-9-10-22-20-23-16(2)14-18(24-20)25-11-4-3-5-12-25/h6-8,13-14H,3-5,9-12H2,1-2H3,(H,21,26)(H,22,23,24). The average molecular weight is 353 g/mol. The summed E-state index contributed by atoms with van der Waals surface area (Å²) in [6.45, 7) is 7.18. The summed E-state index contributed by atoms with van der Waals surface area (Å²) in [7, 11) is 0. The molecule has 6 heteroatoms. The summed E-state index contributed by atoms with van der Waals surface area (Å²) >= 11 is 0. The second-order valence-electron chi connectivity index (χ2n) is 6.79. The first-order valence-corrected chi connectivity index (χ1v) is 9.31. The second-order valence-corrected chi connectivity index (χ2v) is 6.79. The molecule has 1 saturated heterocycles. The van der Waals surface area contributed by atoms with Crippen LogP contribution >= 0.6 is 0 Å². The minimum Gasteiger partial charge on any atom is -0.356 e. The van der Waals surface area contributed by atoms with Crippen molar-refractivity contribution in [3.05, 3.63) is 47.2 Å². The number of hydrogen-bond donors (Lipinski definition) is 2. The minimum absolute atomic E-state index is 0.0605. The van der Waals surface area contributed by atoms with Crippen LogP contribution < -0.4 is 15.5 Å². The number of nitrogens with one attached hydrogen (secondary N) is 2. The Bertz CT molecular complexity index is 756. The number of carbonyl (C=O) groups excluding carboxylic acids is 1. The lowest BCUT2D eigenvalue weighted by atomic mass is 10.1. The third-order valence-electron chi connectivity index (χ3n) is 4.49. The van der Waals surface area contributed by atoms with Crippen LogP contribution in [0.15, 0.2) is 30.3 Å². The lowest BCUT2D eigenvalue weighted by Crippen LogP contribution is -2.31. The van der Waals surface area contributed by atoms with E-state index in [2.05, 4.69) is 25.5 Å². The minimum atomic E-state index is -0.0605. The van der Waals surface area contributed by atoms with Gasteiger partial charge < -0.3 is 15.5 Å². The maximum Gasteiger partial charge on any atom is 0.251 e. The first-order valence-electron chi connectivity index (χ1n) is 9.31. The van der Waals surface area contributed by atoms with Gasteiger partial charge >= 0.3 is 0 Å². The number of aryl methyl sites for hydroxylation is 2. The van der Waals surface area contributed by atoms with Crippen LogP contribution in [0.5, 0.6) is 0 Å². The fourth-order valence-electron chi connectivity index (χ4n) is 3.15. The number of hydrogen-bond acceptors (Lipinski definition) is 5. The zero-order valence-electron chi connectivity index (χ0n) is 15.6. The predicted octanol–water partition coefficient (Wildman–Crippen LogP) is 2.93. The van der Waals surface area contributed by atoms with Crippen LogP contribution in [0.2, 0.25) is 0 Å². The van der Waals surface area contributed by atoms with Crippen LogP contribution in [0.25, 0.3) is 0 Å². The van der Waals surface area contributed by atoms with Gasteiger partial charge in [-0.3, -0.25) is 4.79 Å². The number of amides is 1. The quantitative estimate of drug-likeness (QED) is 0.782. The molecule has 0 aliphatic carbocycles. The Balaban J connectivity index is 1.51. The van der Waals surface area contributed by atoms with Crippen molar-refractivity contribution >= 4 is 17.7 Å². The van der Waals surface area contributed by atoms with E-state index >= 15 is 0 Å². The van der Waals surface area contributed by atoms with Crippen LogP contribution in [0.3, 0.4) is 0 Å². The van der Waals surface area contributed by atoms with Crippen molar-refractivity contribution in [2.45, 2.75) is 33.1 Å². The van der Waals surface area contributed by atoms with Gasteiger partial charge in [-0.15, -0.1) is 0 Å². The van der Waals surface area contributed by atoms with E-state index in [4.69, 9.17) is 0 Å². The summed E-state index contributed by atoms with van der Waals surface area (Å²) < 4.78 is 0. The van der Waals surface area contributed by atoms with Crippen LogP contribution in [0.1, 0.15) is 40.9 Å². The molecule has 1 aliphatic heterocycles. The number of carbonyl (C=O) groups is 1. The van der Waals surface area contributed by atoms with Crippen molar-refractivity contribution in [2.75, 3.05) is 36.4 Å². The topological polar surface area (TPSA) is 70.2 Å². The Kier molecular flexibility index (Phi) is 6.04. The molecule has 1 fully saturated rings. The smallest absolute Gasteiger partial charge is 0.251 e. The second kappa shape index (κ2) is 8.65. The largest absolute Gasteiger partial charge is 0.356 e. The zero-order chi connectivity index (χ0) is 18.4. The lowest BCUT2D eigenvalue weighted by Gasteiger charge is -2.28. The highest BCUT2D eigenvalue weighted by atomic mass is 16.1. The Morgan fingerprint density at radius 1 is 1.08 bits per heavy atom. The van der Waals surface area contributed by atoms with Crippen molar-refractivity contribution in [2.24, 2.45) is 0 Å². The Morgan fingerprint density at radius 3 is 2.65 bits per heavy atom. The van der Waals surface area contributed by atoms with Crippen molar-refractivity contribution < 1.29 is 4.79 Å². The Hall–Kier alpha value is -2.63. The monoisotopic (exact) mass is 353 g/mol. The molecule has 2 aromatic rings. The molecular formula is C20H27N5O. The Labute approximate surface area is 155 Å². The SMILES string of the molecule is Cc1cccc(C(=O)NCCNc2nc(C)cc(N3CCCCC3)n2)c1. The molecule has 3 rings (SSSR count). The molecule has 2 heterocycles. The van der Waals surface area contributed by atoms with Gasteiger partial charge in [0.15, 0.2) is 0 Å². The van der Waals surface area contributed by atoms with Gasteiger partial charge in [0, 0.05) is 43.5 Å². The van der Waals surface area contributed by atoms with Crippen molar-refractivity contribution in [1.82, 2.24) is 15.3 Å². The highest BCUT2D eigenvalue weighted by Gasteiger charge is 2.13. The van der Waals surface area contributed by atoms with E-state index in [1.807, 2.05) is 44.2 Å². The van der Waals surface area contributed by atoms with Gasteiger partial charge in [0.1, 0.15) is 5.82 Å². The molecule has 2 N–H and O–H groups in total. The third kappa shape index (κ3) is 4.94. The van der Waals surface area contributed by atoms with Gasteiger partial charge in [-0.05, 0) is 45.2 Å².